The van der Waals surface area contributed by atoms with Gasteiger partial charge in [0, 0.05) is 24.4 Å². The Morgan fingerprint density at radius 2 is 2.12 bits per heavy atom. The van der Waals surface area contributed by atoms with Crippen LogP contribution in [0.3, 0.4) is 0 Å². The second-order valence-electron chi connectivity index (χ2n) is 4.24. The van der Waals surface area contributed by atoms with Gasteiger partial charge in [-0.2, -0.15) is 0 Å². The lowest BCUT2D eigenvalue weighted by atomic mass is 9.94. The lowest BCUT2D eigenvalue weighted by Gasteiger charge is -2.29. The Bertz CT molecular complexity index is 373. The van der Waals surface area contributed by atoms with Crippen molar-refractivity contribution in [1.29, 1.82) is 0 Å². The number of hydrogen-bond acceptors (Lipinski definition) is 2. The number of fused-ring (bicyclic) bond motifs is 1. The first-order valence-electron chi connectivity index (χ1n) is 6.01. The molecule has 2 nitrogen and oxygen atoms in total. The molecule has 2 heteroatoms. The zero-order valence-corrected chi connectivity index (χ0v) is 9.76. The van der Waals surface area contributed by atoms with Gasteiger partial charge in [-0.1, -0.05) is 37.6 Å². The van der Waals surface area contributed by atoms with Gasteiger partial charge in [0.05, 0.1) is 6.61 Å². The van der Waals surface area contributed by atoms with Crippen LogP contribution in [0.15, 0.2) is 36.5 Å². The molecular weight excluding hydrogens is 198 g/mol. The number of anilines is 1. The maximum absolute atomic E-state index is 9.33. The van der Waals surface area contributed by atoms with Gasteiger partial charge in [-0.05, 0) is 18.1 Å². The number of aliphatic hydroxyl groups is 1. The largest absolute Gasteiger partial charge is 0.395 e. The van der Waals surface area contributed by atoms with Crippen molar-refractivity contribution in [3.63, 3.8) is 0 Å². The molecule has 1 atom stereocenters. The lowest BCUT2D eigenvalue weighted by molar-refractivity contribution is 0.283. The Hall–Kier alpha value is -1.28. The number of nitrogens with zero attached hydrogens (tertiary/aromatic N) is 1. The molecule has 2 rings (SSSR count). The minimum absolute atomic E-state index is 0.161. The summed E-state index contributed by atoms with van der Waals surface area (Å²) in [7, 11) is 0. The molecular formula is C14H19NO. The Kier molecular flexibility index (Phi) is 3.62. The van der Waals surface area contributed by atoms with Gasteiger partial charge in [0.1, 0.15) is 0 Å². The second-order valence-corrected chi connectivity index (χ2v) is 4.24. The number of unbranched alkanes of at least 4 members (excludes halogenated alkanes) is 1. The average Bonchev–Trinajstić information content (AvgIpc) is 2.36. The molecule has 0 fully saturated rings. The van der Waals surface area contributed by atoms with Crippen LogP contribution in [0, 0.1) is 0 Å². The van der Waals surface area contributed by atoms with Crippen LogP contribution >= 0.6 is 0 Å². The molecule has 1 aromatic rings. The van der Waals surface area contributed by atoms with E-state index in [0.717, 1.165) is 6.54 Å². The molecule has 1 unspecified atom stereocenters. The Labute approximate surface area is 97.2 Å². The highest BCUT2D eigenvalue weighted by Crippen LogP contribution is 2.32. The molecule has 0 radical (unpaired) electrons. The van der Waals surface area contributed by atoms with Gasteiger partial charge >= 0.3 is 0 Å². The quantitative estimate of drug-likeness (QED) is 0.838. The Morgan fingerprint density at radius 3 is 2.88 bits per heavy atom. The molecule has 0 amide bonds. The molecule has 1 aliphatic heterocycles. The first-order chi connectivity index (χ1) is 7.86. The molecule has 0 spiro atoms. The van der Waals surface area contributed by atoms with E-state index in [1.807, 2.05) is 6.07 Å². The average molecular weight is 217 g/mol. The van der Waals surface area contributed by atoms with Crippen LogP contribution in [-0.2, 0) is 0 Å². The molecule has 0 saturated carbocycles. The molecule has 1 aromatic carbocycles. The van der Waals surface area contributed by atoms with Gasteiger partial charge in [0.2, 0.25) is 0 Å². The summed E-state index contributed by atoms with van der Waals surface area (Å²) in [6.07, 6.45) is 6.61. The van der Waals surface area contributed by atoms with Gasteiger partial charge in [0.15, 0.2) is 0 Å². The van der Waals surface area contributed by atoms with E-state index in [1.54, 1.807) is 0 Å². The predicted octanol–water partition coefficient (Wildman–Crippen LogP) is 2.90. The summed E-state index contributed by atoms with van der Waals surface area (Å²) in [5, 5.41) is 9.33. The first-order valence-corrected chi connectivity index (χ1v) is 6.01. The number of aliphatic hydroxyl groups excluding tert-OH is 1. The molecule has 0 bridgehead atoms. The highest BCUT2D eigenvalue weighted by Gasteiger charge is 2.18. The molecule has 16 heavy (non-hydrogen) atoms. The fourth-order valence-corrected chi connectivity index (χ4v) is 2.14. The number of para-hydroxylation sites is 1. The van der Waals surface area contributed by atoms with Crippen LogP contribution in [0.2, 0.25) is 0 Å². The van der Waals surface area contributed by atoms with Gasteiger partial charge in [-0.3, -0.25) is 0 Å². The van der Waals surface area contributed by atoms with Crippen LogP contribution < -0.4 is 4.90 Å². The van der Waals surface area contributed by atoms with Crippen molar-refractivity contribution in [2.75, 3.05) is 18.1 Å². The summed E-state index contributed by atoms with van der Waals surface area (Å²) in [6.45, 7) is 3.45. The third-order valence-electron chi connectivity index (χ3n) is 3.09. The van der Waals surface area contributed by atoms with E-state index >= 15 is 0 Å². The van der Waals surface area contributed by atoms with Crippen LogP contribution in [0.4, 0.5) is 5.69 Å². The summed E-state index contributed by atoms with van der Waals surface area (Å²) in [5.74, 6) is 0.161. The van der Waals surface area contributed by atoms with Crippen molar-refractivity contribution in [3.8, 4) is 0 Å². The summed E-state index contributed by atoms with van der Waals surface area (Å²) in [5.41, 5.74) is 2.49. The van der Waals surface area contributed by atoms with Crippen LogP contribution in [0.5, 0.6) is 0 Å². The van der Waals surface area contributed by atoms with Gasteiger partial charge in [0.25, 0.3) is 0 Å². The van der Waals surface area contributed by atoms with Crippen molar-refractivity contribution in [3.05, 3.63) is 42.1 Å². The predicted molar refractivity (Wildman–Crippen MR) is 67.7 cm³/mol. The number of rotatable bonds is 4. The Morgan fingerprint density at radius 1 is 1.31 bits per heavy atom. The SMILES string of the molecule is CCCCN1C=CC(CO)c2ccccc21. The number of benzene rings is 1. The topological polar surface area (TPSA) is 23.5 Å². The summed E-state index contributed by atoms with van der Waals surface area (Å²) in [6, 6.07) is 8.35. The van der Waals surface area contributed by atoms with Crippen molar-refractivity contribution in [2.24, 2.45) is 0 Å². The molecule has 0 aliphatic carbocycles. The fourth-order valence-electron chi connectivity index (χ4n) is 2.14. The second kappa shape index (κ2) is 5.17. The minimum Gasteiger partial charge on any atom is -0.395 e. The molecule has 0 aromatic heterocycles. The number of hydrogen-bond donors (Lipinski definition) is 1. The third-order valence-corrected chi connectivity index (χ3v) is 3.09. The van der Waals surface area contributed by atoms with Crippen LogP contribution in [-0.4, -0.2) is 18.3 Å². The zero-order valence-electron chi connectivity index (χ0n) is 9.76. The summed E-state index contributed by atoms with van der Waals surface area (Å²) in [4.78, 5) is 2.28. The van der Waals surface area contributed by atoms with Gasteiger partial charge in [-0.15, -0.1) is 0 Å². The van der Waals surface area contributed by atoms with Crippen molar-refractivity contribution < 1.29 is 5.11 Å². The van der Waals surface area contributed by atoms with Gasteiger partial charge < -0.3 is 10.0 Å². The maximum atomic E-state index is 9.33. The van der Waals surface area contributed by atoms with E-state index in [-0.39, 0.29) is 12.5 Å². The smallest absolute Gasteiger partial charge is 0.0535 e. The zero-order chi connectivity index (χ0) is 11.4. The normalized spacial score (nSPS) is 18.6. The highest BCUT2D eigenvalue weighted by molar-refractivity contribution is 5.60. The van der Waals surface area contributed by atoms with E-state index < -0.39 is 0 Å². The highest BCUT2D eigenvalue weighted by atomic mass is 16.3. The van der Waals surface area contributed by atoms with Crippen LogP contribution in [0.1, 0.15) is 31.2 Å². The van der Waals surface area contributed by atoms with Crippen molar-refractivity contribution in [1.82, 2.24) is 0 Å². The molecule has 1 aliphatic rings. The van der Waals surface area contributed by atoms with E-state index in [0.29, 0.717) is 0 Å². The van der Waals surface area contributed by atoms with Crippen LogP contribution in [0.25, 0.3) is 0 Å². The monoisotopic (exact) mass is 217 g/mol. The van der Waals surface area contributed by atoms with Gasteiger partial charge in [-0.25, -0.2) is 0 Å². The fraction of sp³-hybridized carbons (Fsp3) is 0.429. The van der Waals surface area contributed by atoms with E-state index in [2.05, 4.69) is 42.3 Å². The van der Waals surface area contributed by atoms with E-state index in [4.69, 9.17) is 0 Å². The molecule has 1 heterocycles. The standard InChI is InChI=1S/C14H19NO/c1-2-3-9-15-10-8-12(11-16)13-6-4-5-7-14(13)15/h4-8,10,12,16H,2-3,9,11H2,1H3. The summed E-state index contributed by atoms with van der Waals surface area (Å²) < 4.78 is 0. The van der Waals surface area contributed by atoms with E-state index in [9.17, 15) is 5.11 Å². The maximum Gasteiger partial charge on any atom is 0.0535 e. The summed E-state index contributed by atoms with van der Waals surface area (Å²) >= 11 is 0. The Balaban J connectivity index is 2.25. The van der Waals surface area contributed by atoms with Crippen molar-refractivity contribution >= 4 is 5.69 Å². The molecule has 1 N–H and O–H groups in total. The van der Waals surface area contributed by atoms with Crippen molar-refractivity contribution in [2.45, 2.75) is 25.7 Å². The van der Waals surface area contributed by atoms with E-state index in [1.165, 1.54) is 24.1 Å². The third kappa shape index (κ3) is 2.12. The molecule has 86 valence electrons. The lowest BCUT2D eigenvalue weighted by Crippen LogP contribution is -2.23. The molecule has 0 saturated heterocycles. The first kappa shape index (κ1) is 11.2. The minimum atomic E-state index is 0.161.